The third-order valence-corrected chi connectivity index (χ3v) is 4.08. The number of benzene rings is 1. The molecule has 106 valence electrons. The number of ether oxygens (including phenoxy) is 1. The first-order valence-corrected chi connectivity index (χ1v) is 7.06. The van der Waals surface area contributed by atoms with E-state index in [0.29, 0.717) is 6.04 Å². The van der Waals surface area contributed by atoms with Crippen molar-refractivity contribution >= 4 is 0 Å². The Morgan fingerprint density at radius 2 is 2.20 bits per heavy atom. The zero-order valence-electron chi connectivity index (χ0n) is 12.5. The molecule has 0 bridgehead atoms. The third kappa shape index (κ3) is 2.00. The lowest BCUT2D eigenvalue weighted by atomic mass is 9.96. The maximum Gasteiger partial charge on any atom is 0.121 e. The number of nitrogens with zero attached hydrogens (tertiary/aromatic N) is 2. The second kappa shape index (κ2) is 4.94. The summed E-state index contributed by atoms with van der Waals surface area (Å²) in [5, 5.41) is 8.17. The number of methoxy groups -OCH3 is 1. The smallest absolute Gasteiger partial charge is 0.121 e. The van der Waals surface area contributed by atoms with E-state index in [2.05, 4.69) is 31.3 Å². The number of hydrogen-bond acceptors (Lipinski definition) is 3. The van der Waals surface area contributed by atoms with Crippen LogP contribution in [0.5, 0.6) is 5.75 Å². The maximum atomic E-state index is 5.34. The van der Waals surface area contributed by atoms with Gasteiger partial charge in [0.05, 0.1) is 18.5 Å². The van der Waals surface area contributed by atoms with E-state index in [-0.39, 0.29) is 0 Å². The molecule has 0 unspecified atom stereocenters. The Bertz CT molecular complexity index is 645. The van der Waals surface area contributed by atoms with Crippen LogP contribution >= 0.6 is 0 Å². The second-order valence-electron chi connectivity index (χ2n) is 5.45. The van der Waals surface area contributed by atoms with Crippen LogP contribution in [0, 0.1) is 6.92 Å². The molecule has 4 nitrogen and oxygen atoms in total. The lowest BCUT2D eigenvalue weighted by Crippen LogP contribution is -2.27. The summed E-state index contributed by atoms with van der Waals surface area (Å²) >= 11 is 0. The van der Waals surface area contributed by atoms with Gasteiger partial charge in [0.25, 0.3) is 0 Å². The summed E-state index contributed by atoms with van der Waals surface area (Å²) < 4.78 is 7.35. The van der Waals surface area contributed by atoms with Crippen molar-refractivity contribution in [2.45, 2.75) is 26.3 Å². The molecule has 1 aromatic carbocycles. The molecule has 2 aromatic rings. The van der Waals surface area contributed by atoms with Crippen LogP contribution in [0.15, 0.2) is 18.2 Å². The summed E-state index contributed by atoms with van der Waals surface area (Å²) in [6.07, 6.45) is 1.04. The topological polar surface area (TPSA) is 39.1 Å². The van der Waals surface area contributed by atoms with E-state index in [1.165, 1.54) is 22.5 Å². The summed E-state index contributed by atoms with van der Waals surface area (Å²) in [5.74, 6) is 0.930. The van der Waals surface area contributed by atoms with Gasteiger partial charge in [0.2, 0.25) is 0 Å². The zero-order valence-corrected chi connectivity index (χ0v) is 12.5. The van der Waals surface area contributed by atoms with Gasteiger partial charge in [-0.2, -0.15) is 5.10 Å². The molecular weight excluding hydrogens is 250 g/mol. The van der Waals surface area contributed by atoms with Crippen molar-refractivity contribution in [3.8, 4) is 17.0 Å². The largest absolute Gasteiger partial charge is 0.496 e. The van der Waals surface area contributed by atoms with Gasteiger partial charge in [0, 0.05) is 24.2 Å². The Balaban J connectivity index is 2.13. The van der Waals surface area contributed by atoms with Gasteiger partial charge in [-0.05, 0) is 50.6 Å². The molecule has 1 aliphatic heterocycles. The Labute approximate surface area is 119 Å². The van der Waals surface area contributed by atoms with E-state index < -0.39 is 0 Å². The zero-order chi connectivity index (χ0) is 14.3. The minimum atomic E-state index is 0.332. The molecule has 0 amide bonds. The van der Waals surface area contributed by atoms with Crippen molar-refractivity contribution in [1.29, 1.82) is 0 Å². The summed E-state index contributed by atoms with van der Waals surface area (Å²) in [6.45, 7) is 5.27. The molecule has 0 saturated carbocycles. The number of aryl methyl sites for hydroxylation is 2. The van der Waals surface area contributed by atoms with Crippen LogP contribution < -0.4 is 10.1 Å². The van der Waals surface area contributed by atoms with Gasteiger partial charge >= 0.3 is 0 Å². The summed E-state index contributed by atoms with van der Waals surface area (Å²) in [5.41, 5.74) is 6.17. The average Bonchev–Trinajstić information content (AvgIpc) is 2.76. The maximum absolute atomic E-state index is 5.34. The minimum Gasteiger partial charge on any atom is -0.496 e. The molecule has 0 radical (unpaired) electrons. The Kier molecular flexibility index (Phi) is 3.26. The third-order valence-electron chi connectivity index (χ3n) is 4.08. The van der Waals surface area contributed by atoms with Crippen molar-refractivity contribution in [1.82, 2.24) is 15.1 Å². The van der Waals surface area contributed by atoms with Gasteiger partial charge in [-0.15, -0.1) is 0 Å². The van der Waals surface area contributed by atoms with Crippen LogP contribution in [0.25, 0.3) is 11.3 Å². The molecule has 0 saturated heterocycles. The molecular formula is C16H21N3O. The highest BCUT2D eigenvalue weighted by molar-refractivity contribution is 5.67. The molecule has 0 aliphatic carbocycles. The fourth-order valence-corrected chi connectivity index (χ4v) is 3.08. The molecule has 0 fully saturated rings. The van der Waals surface area contributed by atoms with Crippen LogP contribution in [0.2, 0.25) is 0 Å². The number of nitrogens with one attached hydrogen (secondary N) is 1. The van der Waals surface area contributed by atoms with Gasteiger partial charge in [0.1, 0.15) is 5.75 Å². The molecule has 1 aromatic heterocycles. The summed E-state index contributed by atoms with van der Waals surface area (Å²) in [4.78, 5) is 0. The first-order valence-electron chi connectivity index (χ1n) is 7.06. The van der Waals surface area contributed by atoms with Gasteiger partial charge in [-0.1, -0.05) is 0 Å². The van der Waals surface area contributed by atoms with Crippen LogP contribution in [0.1, 0.15) is 29.8 Å². The normalized spacial score (nSPS) is 17.9. The fourth-order valence-electron chi connectivity index (χ4n) is 3.08. The molecule has 4 heteroatoms. The lowest BCUT2D eigenvalue weighted by Gasteiger charge is -2.19. The van der Waals surface area contributed by atoms with Gasteiger partial charge in [0.15, 0.2) is 0 Å². The predicted molar refractivity (Wildman–Crippen MR) is 80.1 cm³/mol. The molecule has 0 spiro atoms. The van der Waals surface area contributed by atoms with Crippen molar-refractivity contribution in [3.05, 3.63) is 35.0 Å². The SMILES string of the molecule is COc1ccc(-c2c3c(nn2C)[C@H](C)NCC3)cc1C. The van der Waals surface area contributed by atoms with Crippen LogP contribution in [0.4, 0.5) is 0 Å². The fraction of sp³-hybridized carbons (Fsp3) is 0.438. The van der Waals surface area contributed by atoms with E-state index in [1.54, 1.807) is 7.11 Å². The second-order valence-corrected chi connectivity index (χ2v) is 5.45. The molecule has 1 N–H and O–H groups in total. The average molecular weight is 271 g/mol. The number of rotatable bonds is 2. The molecule has 1 aliphatic rings. The molecule has 2 heterocycles. The van der Waals surface area contributed by atoms with Gasteiger partial charge < -0.3 is 10.1 Å². The first kappa shape index (κ1) is 13.2. The molecule has 3 rings (SSSR count). The standard InChI is InChI=1S/C16H21N3O/c1-10-9-12(5-6-14(10)20-4)16-13-7-8-17-11(2)15(13)18-19(16)3/h5-6,9,11,17H,7-8H2,1-4H3/t11-/m0/s1. The van der Waals surface area contributed by atoms with E-state index in [9.17, 15) is 0 Å². The Morgan fingerprint density at radius 3 is 2.90 bits per heavy atom. The van der Waals surface area contributed by atoms with E-state index in [0.717, 1.165) is 24.3 Å². The first-order chi connectivity index (χ1) is 9.61. The number of aromatic nitrogens is 2. The molecule has 20 heavy (non-hydrogen) atoms. The highest BCUT2D eigenvalue weighted by Gasteiger charge is 2.24. The highest BCUT2D eigenvalue weighted by atomic mass is 16.5. The van der Waals surface area contributed by atoms with Crippen molar-refractivity contribution < 1.29 is 4.74 Å². The van der Waals surface area contributed by atoms with Crippen molar-refractivity contribution in [2.75, 3.05) is 13.7 Å². The number of fused-ring (bicyclic) bond motifs is 1. The van der Waals surface area contributed by atoms with E-state index in [4.69, 9.17) is 9.84 Å². The summed E-state index contributed by atoms with van der Waals surface area (Å²) in [7, 11) is 3.74. The van der Waals surface area contributed by atoms with E-state index >= 15 is 0 Å². The van der Waals surface area contributed by atoms with Crippen LogP contribution in [-0.2, 0) is 13.5 Å². The van der Waals surface area contributed by atoms with Crippen LogP contribution in [-0.4, -0.2) is 23.4 Å². The van der Waals surface area contributed by atoms with Crippen molar-refractivity contribution in [3.63, 3.8) is 0 Å². The summed E-state index contributed by atoms with van der Waals surface area (Å²) in [6, 6.07) is 6.67. The van der Waals surface area contributed by atoms with Gasteiger partial charge in [-0.3, -0.25) is 4.68 Å². The lowest BCUT2D eigenvalue weighted by molar-refractivity contribution is 0.412. The van der Waals surface area contributed by atoms with E-state index in [1.807, 2.05) is 17.8 Å². The Morgan fingerprint density at radius 1 is 1.40 bits per heavy atom. The van der Waals surface area contributed by atoms with Crippen LogP contribution in [0.3, 0.4) is 0 Å². The highest BCUT2D eigenvalue weighted by Crippen LogP contribution is 2.33. The van der Waals surface area contributed by atoms with Crippen molar-refractivity contribution in [2.24, 2.45) is 7.05 Å². The quantitative estimate of drug-likeness (QED) is 0.912. The van der Waals surface area contributed by atoms with Gasteiger partial charge in [-0.25, -0.2) is 0 Å². The Hall–Kier alpha value is -1.81. The molecule has 1 atom stereocenters. The minimum absolute atomic E-state index is 0.332. The monoisotopic (exact) mass is 271 g/mol. The number of hydrogen-bond donors (Lipinski definition) is 1. The predicted octanol–water partition coefficient (Wildman–Crippen LogP) is 2.61.